The van der Waals surface area contributed by atoms with Crippen molar-refractivity contribution >= 4 is 27.7 Å². The first kappa shape index (κ1) is 11.5. The van der Waals surface area contributed by atoms with Gasteiger partial charge in [0.15, 0.2) is 0 Å². The van der Waals surface area contributed by atoms with Gasteiger partial charge in [-0.25, -0.2) is 0 Å². The van der Waals surface area contributed by atoms with Gasteiger partial charge in [0.25, 0.3) is 0 Å². The molecule has 1 N–H and O–H groups in total. The molecule has 0 fully saturated rings. The number of benzene rings is 1. The quantitative estimate of drug-likeness (QED) is 0.732. The molecule has 1 aromatic carbocycles. The average molecular weight is 314 g/mol. The lowest BCUT2D eigenvalue weighted by molar-refractivity contribution is 0.303. The van der Waals surface area contributed by atoms with Crippen molar-refractivity contribution in [3.05, 3.63) is 58.1 Å². The third-order valence-corrected chi connectivity index (χ3v) is 5.24. The van der Waals surface area contributed by atoms with Crippen LogP contribution in [0.5, 0.6) is 0 Å². The normalized spacial score (nSPS) is 34.1. The molecule has 19 heavy (non-hydrogen) atoms. The molecule has 1 nitrogen and oxygen atoms in total. The van der Waals surface area contributed by atoms with E-state index < -0.39 is 0 Å². The number of halogens is 1. The van der Waals surface area contributed by atoms with Crippen LogP contribution in [0.1, 0.15) is 24.0 Å². The zero-order chi connectivity index (χ0) is 13.0. The van der Waals surface area contributed by atoms with Gasteiger partial charge < -0.3 is 5.32 Å². The highest BCUT2D eigenvalue weighted by molar-refractivity contribution is 9.11. The maximum Gasteiger partial charge on any atom is 0.0343 e. The first-order chi connectivity index (χ1) is 9.16. The number of rotatable bonds is 0. The summed E-state index contributed by atoms with van der Waals surface area (Å²) in [5.41, 5.74) is 4.20. The van der Waals surface area contributed by atoms with Crippen LogP contribution in [-0.4, -0.2) is 6.54 Å². The van der Waals surface area contributed by atoms with E-state index in [4.69, 9.17) is 0 Å². The molecule has 3 unspecified atom stereocenters. The Morgan fingerprint density at radius 2 is 2.21 bits per heavy atom. The van der Waals surface area contributed by atoms with E-state index in [-0.39, 0.29) is 5.41 Å². The van der Waals surface area contributed by atoms with E-state index >= 15 is 0 Å². The van der Waals surface area contributed by atoms with Crippen LogP contribution in [0.4, 0.5) is 5.69 Å². The summed E-state index contributed by atoms with van der Waals surface area (Å²) >= 11 is 3.64. The third kappa shape index (κ3) is 1.66. The molecule has 3 bridgehead atoms. The van der Waals surface area contributed by atoms with Gasteiger partial charge >= 0.3 is 0 Å². The second kappa shape index (κ2) is 3.86. The van der Waals surface area contributed by atoms with Crippen molar-refractivity contribution in [2.24, 2.45) is 11.3 Å². The molecule has 0 radical (unpaired) electrons. The Hall–Kier alpha value is -1.28. The van der Waals surface area contributed by atoms with E-state index in [1.807, 2.05) is 0 Å². The second-order valence-corrected chi connectivity index (χ2v) is 6.91. The van der Waals surface area contributed by atoms with Gasteiger partial charge in [-0.05, 0) is 29.2 Å². The van der Waals surface area contributed by atoms with E-state index in [1.54, 1.807) is 0 Å². The van der Waals surface area contributed by atoms with Crippen LogP contribution in [-0.2, 0) is 0 Å². The molecule has 2 heteroatoms. The van der Waals surface area contributed by atoms with E-state index in [9.17, 15) is 0 Å². The van der Waals surface area contributed by atoms with Gasteiger partial charge in [0.05, 0.1) is 0 Å². The van der Waals surface area contributed by atoms with Gasteiger partial charge in [-0.3, -0.25) is 0 Å². The van der Waals surface area contributed by atoms with E-state index in [2.05, 4.69) is 76.7 Å². The Morgan fingerprint density at radius 3 is 3.11 bits per heavy atom. The van der Waals surface area contributed by atoms with Crippen molar-refractivity contribution in [2.75, 3.05) is 11.9 Å². The predicted molar refractivity (Wildman–Crippen MR) is 84.5 cm³/mol. The van der Waals surface area contributed by atoms with Crippen molar-refractivity contribution in [3.63, 3.8) is 0 Å². The van der Waals surface area contributed by atoms with Crippen LogP contribution in [0.25, 0.3) is 6.08 Å². The molecule has 3 aliphatic rings. The van der Waals surface area contributed by atoms with Crippen LogP contribution in [0.2, 0.25) is 0 Å². The van der Waals surface area contributed by atoms with Gasteiger partial charge in [-0.15, -0.1) is 0 Å². The summed E-state index contributed by atoms with van der Waals surface area (Å²) < 4.78 is 1.20. The minimum Gasteiger partial charge on any atom is -0.384 e. The molecule has 0 amide bonds. The highest BCUT2D eigenvalue weighted by atomic mass is 79.9. The fourth-order valence-corrected chi connectivity index (χ4v) is 3.97. The molecule has 0 aromatic heterocycles. The minimum absolute atomic E-state index is 0.146. The molecule has 2 aliphatic carbocycles. The summed E-state index contributed by atoms with van der Waals surface area (Å²) in [4.78, 5) is 0. The molecule has 1 heterocycles. The molecular weight excluding hydrogens is 298 g/mol. The summed E-state index contributed by atoms with van der Waals surface area (Å²) in [6.45, 7) is 3.34. The van der Waals surface area contributed by atoms with Crippen LogP contribution in [0, 0.1) is 11.3 Å². The lowest BCUT2D eigenvalue weighted by Gasteiger charge is -2.40. The monoisotopic (exact) mass is 313 g/mol. The number of anilines is 1. The largest absolute Gasteiger partial charge is 0.384 e. The van der Waals surface area contributed by atoms with Crippen molar-refractivity contribution in [2.45, 2.75) is 12.8 Å². The molecule has 0 saturated carbocycles. The van der Waals surface area contributed by atoms with Gasteiger partial charge in [0.1, 0.15) is 0 Å². The smallest absolute Gasteiger partial charge is 0.0343 e. The fourth-order valence-electron chi connectivity index (χ4n) is 3.53. The lowest BCUT2D eigenvalue weighted by atomic mass is 9.67. The van der Waals surface area contributed by atoms with Crippen molar-refractivity contribution < 1.29 is 0 Å². The Morgan fingerprint density at radius 1 is 1.32 bits per heavy atom. The standard InChI is InChI=1S/C17H16BrN/c1-17-7-6-11-2-4-13(19-10-17)9-15(11)14-5-3-12(18)8-16(14)17/h2-9,14,16,19H,10H2,1H3. The SMILES string of the molecule is CC12C=Cc3ccc(cc3C3C=CC(Br)=CC31)NC2. The predicted octanol–water partition coefficient (Wildman–Crippen LogP) is 4.69. The average Bonchev–Trinajstić information content (AvgIpc) is 2.48. The highest BCUT2D eigenvalue weighted by Crippen LogP contribution is 2.49. The number of fused-ring (bicyclic) bond motifs is 1. The lowest BCUT2D eigenvalue weighted by Crippen LogP contribution is -2.36. The van der Waals surface area contributed by atoms with Crippen molar-refractivity contribution in [1.82, 2.24) is 0 Å². The van der Waals surface area contributed by atoms with Crippen molar-refractivity contribution in [3.8, 4) is 0 Å². The molecule has 96 valence electrons. The van der Waals surface area contributed by atoms with Gasteiger partial charge in [-0.2, -0.15) is 0 Å². The zero-order valence-electron chi connectivity index (χ0n) is 10.9. The summed E-state index contributed by atoms with van der Waals surface area (Å²) in [5.74, 6) is 0.991. The summed E-state index contributed by atoms with van der Waals surface area (Å²) in [7, 11) is 0. The zero-order valence-corrected chi connectivity index (χ0v) is 12.4. The Balaban J connectivity index is 2.01. The van der Waals surface area contributed by atoms with E-state index in [0.717, 1.165) is 6.54 Å². The highest BCUT2D eigenvalue weighted by Gasteiger charge is 2.40. The molecule has 4 rings (SSSR count). The summed E-state index contributed by atoms with van der Waals surface area (Å²) in [6, 6.07) is 6.75. The maximum absolute atomic E-state index is 3.64. The summed E-state index contributed by atoms with van der Waals surface area (Å²) in [5, 5.41) is 3.59. The van der Waals surface area contributed by atoms with Crippen LogP contribution >= 0.6 is 15.9 Å². The van der Waals surface area contributed by atoms with E-state index in [1.165, 1.54) is 21.3 Å². The second-order valence-electron chi connectivity index (χ2n) is 6.00. The molecule has 0 saturated heterocycles. The summed E-state index contributed by atoms with van der Waals surface area (Å²) in [6.07, 6.45) is 11.6. The Bertz CT molecular complexity index is 641. The van der Waals surface area contributed by atoms with Crippen molar-refractivity contribution in [1.29, 1.82) is 0 Å². The van der Waals surface area contributed by atoms with Gasteiger partial charge in [0, 0.05) is 28.0 Å². The Kier molecular flexibility index (Phi) is 2.34. The number of hydrogen-bond acceptors (Lipinski definition) is 1. The maximum atomic E-state index is 3.64. The molecule has 0 spiro atoms. The molecular formula is C17H16BrN. The first-order valence-corrected chi connectivity index (χ1v) is 7.58. The number of nitrogens with one attached hydrogen (secondary N) is 1. The minimum atomic E-state index is 0.146. The fraction of sp³-hybridized carbons (Fsp3) is 0.294. The first-order valence-electron chi connectivity index (χ1n) is 6.78. The number of allylic oxidation sites excluding steroid dienone is 4. The number of hydrogen-bond donors (Lipinski definition) is 1. The van der Waals surface area contributed by atoms with Gasteiger partial charge in [-0.1, -0.05) is 59.3 Å². The Labute approximate surface area is 122 Å². The molecule has 3 atom stereocenters. The van der Waals surface area contributed by atoms with Crippen LogP contribution in [0.15, 0.2) is 47.0 Å². The molecule has 1 aromatic rings. The van der Waals surface area contributed by atoms with Gasteiger partial charge in [0.2, 0.25) is 0 Å². The van der Waals surface area contributed by atoms with Crippen LogP contribution in [0.3, 0.4) is 0 Å². The molecule has 1 aliphatic heterocycles. The third-order valence-electron chi connectivity index (χ3n) is 4.71. The van der Waals surface area contributed by atoms with Crippen LogP contribution < -0.4 is 5.32 Å². The topological polar surface area (TPSA) is 12.0 Å². The van der Waals surface area contributed by atoms with E-state index in [0.29, 0.717) is 11.8 Å².